The molecule has 1 aliphatic rings. The fourth-order valence-electron chi connectivity index (χ4n) is 2.70. The van der Waals surface area contributed by atoms with E-state index in [2.05, 4.69) is 14.8 Å². The number of carbonyl (C=O) groups is 1. The minimum absolute atomic E-state index is 0.0969. The second-order valence-corrected chi connectivity index (χ2v) is 5.86. The van der Waals surface area contributed by atoms with Crippen LogP contribution in [0.3, 0.4) is 0 Å². The molecule has 0 aromatic carbocycles. The number of aromatic nitrogens is 4. The number of methoxy groups -OCH3 is 1. The molecule has 1 aliphatic carbocycles. The van der Waals surface area contributed by atoms with E-state index < -0.39 is 5.97 Å². The van der Waals surface area contributed by atoms with Gasteiger partial charge in [-0.2, -0.15) is 0 Å². The summed E-state index contributed by atoms with van der Waals surface area (Å²) in [6.45, 7) is 0.142. The summed E-state index contributed by atoms with van der Waals surface area (Å²) >= 11 is 0. The lowest BCUT2D eigenvalue weighted by atomic mass is 10.3. The minimum Gasteiger partial charge on any atom is -0.463 e. The summed E-state index contributed by atoms with van der Waals surface area (Å²) < 4.78 is 13.1. The monoisotopic (exact) mass is 340 g/mol. The Hall–Kier alpha value is -3.16. The van der Waals surface area contributed by atoms with E-state index in [1.807, 2.05) is 12.1 Å². The van der Waals surface area contributed by atoms with E-state index >= 15 is 0 Å². The maximum Gasteiger partial charge on any atom is 0.373 e. The minimum atomic E-state index is -0.557. The predicted molar refractivity (Wildman–Crippen MR) is 87.1 cm³/mol. The lowest BCUT2D eigenvalue weighted by Crippen LogP contribution is -2.25. The number of nitrogens with zero attached hydrogens (tertiary/aromatic N) is 4. The van der Waals surface area contributed by atoms with E-state index in [1.165, 1.54) is 17.9 Å². The fraction of sp³-hybridized carbons (Fsp3) is 0.294. The van der Waals surface area contributed by atoms with Gasteiger partial charge in [0.15, 0.2) is 5.82 Å². The lowest BCUT2D eigenvalue weighted by Gasteiger charge is -2.02. The molecule has 8 nitrogen and oxygen atoms in total. The van der Waals surface area contributed by atoms with Crippen molar-refractivity contribution >= 4 is 5.97 Å². The molecule has 3 aromatic heterocycles. The van der Waals surface area contributed by atoms with Crippen LogP contribution in [0.1, 0.15) is 35.2 Å². The maximum absolute atomic E-state index is 12.8. The highest BCUT2D eigenvalue weighted by Crippen LogP contribution is 2.36. The molecule has 0 spiro atoms. The van der Waals surface area contributed by atoms with Gasteiger partial charge in [0.2, 0.25) is 5.76 Å². The van der Waals surface area contributed by atoms with Crippen LogP contribution in [0, 0.1) is 0 Å². The van der Waals surface area contributed by atoms with Crippen molar-refractivity contribution in [2.24, 2.45) is 0 Å². The first-order valence-electron chi connectivity index (χ1n) is 7.94. The number of hydrogen-bond acceptors (Lipinski definition) is 6. The van der Waals surface area contributed by atoms with Gasteiger partial charge in [-0.25, -0.2) is 14.3 Å². The van der Waals surface area contributed by atoms with Crippen molar-refractivity contribution in [1.29, 1.82) is 0 Å². The summed E-state index contributed by atoms with van der Waals surface area (Å²) in [6.07, 6.45) is 5.29. The summed E-state index contributed by atoms with van der Waals surface area (Å²) in [4.78, 5) is 28.3. The molecule has 8 heteroatoms. The zero-order valence-corrected chi connectivity index (χ0v) is 13.6. The zero-order chi connectivity index (χ0) is 17.4. The van der Waals surface area contributed by atoms with Gasteiger partial charge in [0.1, 0.15) is 12.3 Å². The van der Waals surface area contributed by atoms with Crippen LogP contribution in [0.25, 0.3) is 11.4 Å². The van der Waals surface area contributed by atoms with Crippen molar-refractivity contribution in [2.75, 3.05) is 7.11 Å². The zero-order valence-electron chi connectivity index (χ0n) is 13.6. The molecule has 4 rings (SSSR count). The molecule has 3 heterocycles. The number of ether oxygens (including phenoxy) is 1. The number of esters is 1. The van der Waals surface area contributed by atoms with Gasteiger partial charge < -0.3 is 9.15 Å². The number of pyridine rings is 1. The second kappa shape index (κ2) is 6.04. The number of furan rings is 1. The predicted octanol–water partition coefficient (Wildman–Crippen LogP) is 1.87. The Bertz CT molecular complexity index is 966. The molecule has 1 fully saturated rings. The van der Waals surface area contributed by atoms with Crippen LogP contribution in [0.2, 0.25) is 0 Å². The molecule has 0 amide bonds. The summed E-state index contributed by atoms with van der Waals surface area (Å²) in [5, 5.41) is 4.46. The van der Waals surface area contributed by atoms with Crippen molar-refractivity contribution in [2.45, 2.75) is 25.4 Å². The van der Waals surface area contributed by atoms with Crippen LogP contribution >= 0.6 is 0 Å². The van der Waals surface area contributed by atoms with E-state index in [4.69, 9.17) is 4.42 Å². The van der Waals surface area contributed by atoms with E-state index in [1.54, 1.807) is 23.0 Å². The molecule has 0 radical (unpaired) electrons. The van der Waals surface area contributed by atoms with Gasteiger partial charge in [-0.3, -0.25) is 9.55 Å². The molecule has 0 N–H and O–H groups in total. The standard InChI is InChI=1S/C17H16N4O4/c1-24-16(22)14-7-6-13(25-14)10-20-17(23)21(12-4-5-12)15(19-20)11-3-2-8-18-9-11/h2-3,6-9,12H,4-5,10H2,1H3. The second-order valence-electron chi connectivity index (χ2n) is 5.86. The van der Waals surface area contributed by atoms with Crippen molar-refractivity contribution in [3.63, 3.8) is 0 Å². The SMILES string of the molecule is COC(=O)c1ccc(Cn2nc(-c3cccnc3)n(C3CC3)c2=O)o1. The highest BCUT2D eigenvalue weighted by atomic mass is 16.5. The average Bonchev–Trinajstić information content (AvgIpc) is 3.28. The van der Waals surface area contributed by atoms with Gasteiger partial charge in [0.25, 0.3) is 0 Å². The molecule has 0 bridgehead atoms. The Morgan fingerprint density at radius 3 is 2.88 bits per heavy atom. The average molecular weight is 340 g/mol. The first-order chi connectivity index (χ1) is 12.2. The van der Waals surface area contributed by atoms with Crippen LogP contribution in [0.15, 0.2) is 45.9 Å². The number of hydrogen-bond donors (Lipinski definition) is 0. The quantitative estimate of drug-likeness (QED) is 0.658. The van der Waals surface area contributed by atoms with Gasteiger partial charge in [-0.15, -0.1) is 5.10 Å². The third-order valence-electron chi connectivity index (χ3n) is 4.06. The third-order valence-corrected chi connectivity index (χ3v) is 4.06. The third kappa shape index (κ3) is 2.86. The van der Waals surface area contributed by atoms with Gasteiger partial charge in [0, 0.05) is 24.0 Å². The Morgan fingerprint density at radius 2 is 2.20 bits per heavy atom. The lowest BCUT2D eigenvalue weighted by molar-refractivity contribution is 0.0562. The van der Waals surface area contributed by atoms with Gasteiger partial charge in [-0.05, 0) is 37.1 Å². The molecule has 0 atom stereocenters. The van der Waals surface area contributed by atoms with Gasteiger partial charge in [-0.1, -0.05) is 0 Å². The normalized spacial score (nSPS) is 13.8. The first-order valence-corrected chi connectivity index (χ1v) is 7.94. The first kappa shape index (κ1) is 15.4. The summed E-state index contributed by atoms with van der Waals surface area (Å²) in [5.41, 5.74) is 0.595. The maximum atomic E-state index is 12.8. The van der Waals surface area contributed by atoms with Crippen molar-refractivity contribution < 1.29 is 13.9 Å². The van der Waals surface area contributed by atoms with E-state index in [9.17, 15) is 9.59 Å². The molecule has 1 saturated carbocycles. The molecule has 25 heavy (non-hydrogen) atoms. The molecule has 0 saturated heterocycles. The highest BCUT2D eigenvalue weighted by Gasteiger charge is 2.30. The Balaban J connectivity index is 1.70. The Morgan fingerprint density at radius 1 is 1.36 bits per heavy atom. The molecular weight excluding hydrogens is 324 g/mol. The molecular formula is C17H16N4O4. The molecule has 0 aliphatic heterocycles. The topological polar surface area (TPSA) is 92.2 Å². The van der Waals surface area contributed by atoms with E-state index in [-0.39, 0.29) is 24.0 Å². The number of carbonyl (C=O) groups excluding carboxylic acids is 1. The van der Waals surface area contributed by atoms with E-state index in [0.29, 0.717) is 11.6 Å². The van der Waals surface area contributed by atoms with Gasteiger partial charge >= 0.3 is 11.7 Å². The van der Waals surface area contributed by atoms with Crippen LogP contribution in [-0.2, 0) is 11.3 Å². The van der Waals surface area contributed by atoms with Crippen molar-refractivity contribution in [3.8, 4) is 11.4 Å². The van der Waals surface area contributed by atoms with Crippen molar-refractivity contribution in [3.05, 3.63) is 58.7 Å². The smallest absolute Gasteiger partial charge is 0.373 e. The summed E-state index contributed by atoms with van der Waals surface area (Å²) in [5.74, 6) is 0.596. The molecule has 128 valence electrons. The highest BCUT2D eigenvalue weighted by molar-refractivity contribution is 5.86. The van der Waals surface area contributed by atoms with Crippen LogP contribution in [0.4, 0.5) is 0 Å². The largest absolute Gasteiger partial charge is 0.463 e. The summed E-state index contributed by atoms with van der Waals surface area (Å²) in [7, 11) is 1.28. The summed E-state index contributed by atoms with van der Waals surface area (Å²) in [6, 6.07) is 7.02. The molecule has 0 unspecified atom stereocenters. The van der Waals surface area contributed by atoms with Crippen LogP contribution in [-0.4, -0.2) is 32.4 Å². The van der Waals surface area contributed by atoms with Crippen LogP contribution < -0.4 is 5.69 Å². The van der Waals surface area contributed by atoms with E-state index in [0.717, 1.165) is 18.4 Å². The fourth-order valence-corrected chi connectivity index (χ4v) is 2.70. The molecule has 3 aromatic rings. The van der Waals surface area contributed by atoms with Crippen molar-refractivity contribution in [1.82, 2.24) is 19.3 Å². The Labute approximate surface area is 142 Å². The van der Waals surface area contributed by atoms with Gasteiger partial charge in [0.05, 0.1) is 7.11 Å². The number of rotatable bonds is 5. The van der Waals surface area contributed by atoms with Crippen LogP contribution in [0.5, 0.6) is 0 Å². The Kier molecular flexibility index (Phi) is 3.72.